The first-order chi connectivity index (χ1) is 20.9. The van der Waals surface area contributed by atoms with Gasteiger partial charge in [-0.2, -0.15) is 0 Å². The van der Waals surface area contributed by atoms with E-state index in [1.165, 1.54) is 24.3 Å². The fraction of sp³-hybridized carbons (Fsp3) is 0.139. The molecule has 1 fully saturated rings. The topological polar surface area (TPSA) is 75.7 Å². The number of fused-ring (bicyclic) bond motifs is 6. The van der Waals surface area contributed by atoms with Crippen molar-refractivity contribution in [2.24, 2.45) is 5.92 Å². The van der Waals surface area contributed by atoms with Crippen LogP contribution >= 0.6 is 0 Å². The molecule has 4 aromatic carbocycles. The van der Waals surface area contributed by atoms with Gasteiger partial charge in [-0.05, 0) is 77.4 Å². The van der Waals surface area contributed by atoms with Crippen molar-refractivity contribution in [3.05, 3.63) is 150 Å². The Morgan fingerprint density at radius 1 is 0.907 bits per heavy atom. The zero-order chi connectivity index (χ0) is 29.7. The number of ketones is 2. The fourth-order valence-corrected chi connectivity index (χ4v) is 7.00. The van der Waals surface area contributed by atoms with E-state index in [0.29, 0.717) is 29.2 Å². The number of amides is 1. The maximum atomic E-state index is 14.8. The third-order valence-corrected chi connectivity index (χ3v) is 8.76. The smallest absolute Gasteiger partial charge is 0.238 e. The predicted octanol–water partition coefficient (Wildman–Crippen LogP) is 6.37. The van der Waals surface area contributed by atoms with Crippen LogP contribution < -0.4 is 10.1 Å². The minimum atomic E-state index is -1.44. The number of halogens is 1. The molecule has 1 N–H and O–H groups in total. The molecular weight excluding hydrogens is 543 g/mol. The number of anilines is 1. The highest BCUT2D eigenvalue weighted by Gasteiger charge is 2.70. The lowest BCUT2D eigenvalue weighted by Crippen LogP contribution is -2.49. The zero-order valence-electron chi connectivity index (χ0n) is 23.1. The Labute approximate surface area is 248 Å². The molecule has 0 unspecified atom stereocenters. The summed E-state index contributed by atoms with van der Waals surface area (Å²) in [5.41, 5.74) is 2.20. The Kier molecular flexibility index (Phi) is 6.31. The molecule has 3 aliphatic rings. The second-order valence-electron chi connectivity index (χ2n) is 10.9. The van der Waals surface area contributed by atoms with Gasteiger partial charge < -0.3 is 15.0 Å². The second-order valence-corrected chi connectivity index (χ2v) is 10.9. The number of carbonyl (C=O) groups is 3. The van der Waals surface area contributed by atoms with E-state index in [1.54, 1.807) is 30.3 Å². The van der Waals surface area contributed by atoms with Crippen LogP contribution in [0, 0.1) is 11.7 Å². The molecule has 1 spiro atoms. The summed E-state index contributed by atoms with van der Waals surface area (Å²) in [6.07, 6.45) is 5.35. The molecule has 3 heterocycles. The second kappa shape index (κ2) is 10.2. The van der Waals surface area contributed by atoms with E-state index in [1.807, 2.05) is 65.7 Å². The molecule has 3 aliphatic heterocycles. The first-order valence-electron chi connectivity index (χ1n) is 14.1. The van der Waals surface area contributed by atoms with E-state index in [0.717, 1.165) is 11.1 Å². The van der Waals surface area contributed by atoms with Gasteiger partial charge in [-0.15, -0.1) is 0 Å². The van der Waals surface area contributed by atoms with Crippen LogP contribution in [0.15, 0.2) is 116 Å². The molecule has 0 aliphatic carbocycles. The first-order valence-corrected chi connectivity index (χ1v) is 14.1. The molecule has 1 saturated heterocycles. The summed E-state index contributed by atoms with van der Waals surface area (Å²) in [4.78, 5) is 45.7. The molecule has 43 heavy (non-hydrogen) atoms. The fourth-order valence-electron chi connectivity index (χ4n) is 7.00. The molecule has 0 aromatic heterocycles. The molecule has 4 aromatic rings. The largest absolute Gasteiger partial charge is 0.490 e. The zero-order valence-corrected chi connectivity index (χ0v) is 23.1. The normalized spacial score (nSPS) is 22.9. The molecule has 7 heteroatoms. The molecule has 4 atom stereocenters. The monoisotopic (exact) mass is 570 g/mol. The lowest BCUT2D eigenvalue weighted by molar-refractivity contribution is -0.122. The maximum Gasteiger partial charge on any atom is 0.238 e. The van der Waals surface area contributed by atoms with E-state index in [2.05, 4.69) is 11.9 Å². The number of hydrogen-bond donors (Lipinski definition) is 1. The lowest BCUT2D eigenvalue weighted by Gasteiger charge is -2.38. The highest BCUT2D eigenvalue weighted by Crippen LogP contribution is 2.62. The molecule has 0 radical (unpaired) electrons. The quantitative estimate of drug-likeness (QED) is 0.206. The highest BCUT2D eigenvalue weighted by atomic mass is 19.1. The van der Waals surface area contributed by atoms with Crippen molar-refractivity contribution in [3.8, 4) is 5.75 Å². The number of Topliss-reactive ketones (excluding diaryl/α,β-unsaturated/α-hetero) is 2. The number of benzene rings is 4. The summed E-state index contributed by atoms with van der Waals surface area (Å²) < 4.78 is 19.5. The van der Waals surface area contributed by atoms with Gasteiger partial charge in [0.2, 0.25) is 5.91 Å². The standard InChI is InChI=1S/C36H27FN2O4/c1-2-21-43-26-17-13-23(14-18-26)32(40)30-31(33(41)24-11-15-25(37)16-12-24)39-20-19-22-7-3-4-8-27(22)34(39)36(30)28-9-5-6-10-29(28)38-35(36)42/h2-20,30-31,34H,1,21H2,(H,38,42)/t30-,31+,34+,36-/m0/s1. The number of para-hydroxylation sites is 1. The third kappa shape index (κ3) is 3.96. The van der Waals surface area contributed by atoms with Crippen LogP contribution in [0.3, 0.4) is 0 Å². The van der Waals surface area contributed by atoms with E-state index < -0.39 is 29.2 Å². The summed E-state index contributed by atoms with van der Waals surface area (Å²) in [6.45, 7) is 3.98. The average Bonchev–Trinajstić information content (AvgIpc) is 3.52. The van der Waals surface area contributed by atoms with Crippen molar-refractivity contribution in [3.63, 3.8) is 0 Å². The molecule has 1 amide bonds. The van der Waals surface area contributed by atoms with E-state index >= 15 is 0 Å². The molecular formula is C36H27FN2O4. The van der Waals surface area contributed by atoms with Crippen molar-refractivity contribution >= 4 is 29.2 Å². The Balaban J connectivity index is 1.47. The van der Waals surface area contributed by atoms with Crippen molar-refractivity contribution < 1.29 is 23.5 Å². The van der Waals surface area contributed by atoms with Crippen LogP contribution in [-0.4, -0.2) is 35.0 Å². The maximum absolute atomic E-state index is 14.8. The number of carbonyl (C=O) groups excluding carboxylic acids is 3. The van der Waals surface area contributed by atoms with Crippen LogP contribution in [0.2, 0.25) is 0 Å². The Morgan fingerprint density at radius 2 is 1.58 bits per heavy atom. The molecule has 212 valence electrons. The van der Waals surface area contributed by atoms with Gasteiger partial charge in [0.15, 0.2) is 11.6 Å². The summed E-state index contributed by atoms with van der Waals surface area (Å²) >= 11 is 0. The molecule has 0 saturated carbocycles. The Bertz CT molecular complexity index is 1810. The number of hydrogen-bond acceptors (Lipinski definition) is 5. The van der Waals surface area contributed by atoms with Gasteiger partial charge in [0.25, 0.3) is 0 Å². The number of rotatable bonds is 7. The molecule has 7 rings (SSSR count). The summed E-state index contributed by atoms with van der Waals surface area (Å²) in [7, 11) is 0. The lowest BCUT2D eigenvalue weighted by atomic mass is 9.62. The number of nitrogens with one attached hydrogen (secondary N) is 1. The van der Waals surface area contributed by atoms with E-state index in [9.17, 15) is 18.8 Å². The van der Waals surface area contributed by atoms with Crippen molar-refractivity contribution in [1.29, 1.82) is 0 Å². The third-order valence-electron chi connectivity index (χ3n) is 8.76. The van der Waals surface area contributed by atoms with Gasteiger partial charge in [-0.3, -0.25) is 14.4 Å². The van der Waals surface area contributed by atoms with Gasteiger partial charge in [0.1, 0.15) is 29.6 Å². The van der Waals surface area contributed by atoms with E-state index in [-0.39, 0.29) is 23.0 Å². The average molecular weight is 571 g/mol. The number of nitrogens with zero attached hydrogens (tertiary/aromatic N) is 1. The summed E-state index contributed by atoms with van der Waals surface area (Å²) in [5, 5.41) is 3.04. The van der Waals surface area contributed by atoms with Crippen LogP contribution in [0.4, 0.5) is 10.1 Å². The van der Waals surface area contributed by atoms with Crippen molar-refractivity contribution in [2.75, 3.05) is 11.9 Å². The molecule has 6 nitrogen and oxygen atoms in total. The van der Waals surface area contributed by atoms with Crippen LogP contribution in [0.1, 0.15) is 43.4 Å². The number of ether oxygens (including phenoxy) is 1. The Hall–Kier alpha value is -5.30. The minimum Gasteiger partial charge on any atom is -0.490 e. The van der Waals surface area contributed by atoms with Crippen molar-refractivity contribution in [1.82, 2.24) is 4.90 Å². The molecule has 0 bridgehead atoms. The minimum absolute atomic E-state index is 0.257. The van der Waals surface area contributed by atoms with Crippen molar-refractivity contribution in [2.45, 2.75) is 17.5 Å². The van der Waals surface area contributed by atoms with Gasteiger partial charge >= 0.3 is 0 Å². The van der Waals surface area contributed by atoms with Crippen LogP contribution in [0.5, 0.6) is 5.75 Å². The van der Waals surface area contributed by atoms with Crippen LogP contribution in [0.25, 0.3) is 6.08 Å². The highest BCUT2D eigenvalue weighted by molar-refractivity contribution is 6.16. The summed E-state index contributed by atoms with van der Waals surface area (Å²) in [5.74, 6) is -2.08. The summed E-state index contributed by atoms with van der Waals surface area (Å²) in [6, 6.07) is 25.4. The van der Waals surface area contributed by atoms with Gasteiger partial charge in [-0.25, -0.2) is 4.39 Å². The Morgan fingerprint density at radius 3 is 2.35 bits per heavy atom. The van der Waals surface area contributed by atoms with Crippen LogP contribution in [-0.2, 0) is 10.2 Å². The SMILES string of the molecule is C=CCOc1ccc(C(=O)[C@@H]2[C@H](C(=O)c3ccc(F)cc3)N3C=Cc4ccccc4[C@@H]3[C@@]23C(=O)Nc2ccccc23)cc1. The van der Waals surface area contributed by atoms with E-state index in [4.69, 9.17) is 4.74 Å². The first kappa shape index (κ1) is 26.6. The van der Waals surface area contributed by atoms with Gasteiger partial charge in [0, 0.05) is 23.0 Å². The van der Waals surface area contributed by atoms with Gasteiger partial charge in [0.05, 0.1) is 12.0 Å². The predicted molar refractivity (Wildman–Crippen MR) is 161 cm³/mol. The van der Waals surface area contributed by atoms with Gasteiger partial charge in [-0.1, -0.05) is 55.1 Å².